The average molecular weight is 411 g/mol. The molecule has 2 fully saturated rings. The third-order valence-electron chi connectivity index (χ3n) is 5.52. The molecule has 156 valence electrons. The summed E-state index contributed by atoms with van der Waals surface area (Å²) in [6.07, 6.45) is 1.22. The molecule has 1 aromatic rings. The number of rotatable bonds is 7. The van der Waals surface area contributed by atoms with E-state index in [4.69, 9.17) is 21.1 Å². The Balaban J connectivity index is 1.42. The Kier molecular flexibility index (Phi) is 8.11. The van der Waals surface area contributed by atoms with Crippen LogP contribution in [0.2, 0.25) is 5.02 Å². The molecule has 2 aliphatic rings. The molecule has 7 heteroatoms. The molecule has 2 saturated heterocycles. The number of ether oxygens (including phenoxy) is 2. The van der Waals surface area contributed by atoms with Crippen molar-refractivity contribution in [1.29, 1.82) is 0 Å². The lowest BCUT2D eigenvalue weighted by molar-refractivity contribution is -0.141. The second-order valence-corrected chi connectivity index (χ2v) is 8.15. The Morgan fingerprint density at radius 3 is 2.71 bits per heavy atom. The van der Waals surface area contributed by atoms with Gasteiger partial charge < -0.3 is 19.5 Å². The van der Waals surface area contributed by atoms with Crippen molar-refractivity contribution in [1.82, 2.24) is 9.80 Å². The molecule has 1 amide bonds. The van der Waals surface area contributed by atoms with Crippen LogP contribution in [-0.4, -0.2) is 79.5 Å². The first-order valence-electron chi connectivity index (χ1n) is 10.2. The van der Waals surface area contributed by atoms with Gasteiger partial charge in [-0.2, -0.15) is 0 Å². The number of β-amino-alcohol motifs (C(OH)–C–C–N with tert-alkyl or cyclic N) is 1. The molecule has 2 heterocycles. The molecule has 1 aromatic carbocycles. The Labute approximate surface area is 172 Å². The van der Waals surface area contributed by atoms with Crippen molar-refractivity contribution in [3.8, 4) is 0 Å². The molecule has 3 rings (SSSR count). The van der Waals surface area contributed by atoms with Crippen molar-refractivity contribution in [3.63, 3.8) is 0 Å². The molecule has 0 aromatic heterocycles. The summed E-state index contributed by atoms with van der Waals surface area (Å²) >= 11 is 5.92. The quantitative estimate of drug-likeness (QED) is 0.747. The van der Waals surface area contributed by atoms with Gasteiger partial charge >= 0.3 is 0 Å². The van der Waals surface area contributed by atoms with Crippen LogP contribution in [-0.2, 0) is 14.3 Å². The molecule has 0 bridgehead atoms. The predicted molar refractivity (Wildman–Crippen MR) is 108 cm³/mol. The standard InChI is InChI=1S/C21H31ClN2O4/c1-16(17-4-6-19(22)7-5-17)28-15-20(25)14-23-8-2-3-18(13-23)21(26)24-9-11-27-12-10-24/h4-7,16,18,20,25H,2-3,8-15H2,1H3. The van der Waals surface area contributed by atoms with E-state index in [0.717, 1.165) is 24.9 Å². The molecule has 2 aliphatic heterocycles. The number of carbonyl (C=O) groups is 1. The first-order valence-corrected chi connectivity index (χ1v) is 10.5. The zero-order chi connectivity index (χ0) is 19.9. The number of likely N-dealkylation sites (tertiary alicyclic amines) is 1. The SMILES string of the molecule is CC(OCC(O)CN1CCCC(C(=O)N2CCOCC2)C1)c1ccc(Cl)cc1. The summed E-state index contributed by atoms with van der Waals surface area (Å²) in [7, 11) is 0. The Morgan fingerprint density at radius 2 is 2.00 bits per heavy atom. The fraction of sp³-hybridized carbons (Fsp3) is 0.667. The van der Waals surface area contributed by atoms with E-state index in [0.29, 0.717) is 44.4 Å². The number of halogens is 1. The van der Waals surface area contributed by atoms with Gasteiger partial charge in [-0.3, -0.25) is 9.69 Å². The fourth-order valence-corrected chi connectivity index (χ4v) is 4.03. The van der Waals surface area contributed by atoms with Gasteiger partial charge in [0.25, 0.3) is 0 Å². The highest BCUT2D eigenvalue weighted by Crippen LogP contribution is 2.21. The minimum atomic E-state index is -0.577. The topological polar surface area (TPSA) is 62.2 Å². The molecular weight excluding hydrogens is 380 g/mol. The van der Waals surface area contributed by atoms with Gasteiger partial charge in [0.15, 0.2) is 0 Å². The van der Waals surface area contributed by atoms with E-state index in [-0.39, 0.29) is 24.5 Å². The molecular formula is C21H31ClN2O4. The summed E-state index contributed by atoms with van der Waals surface area (Å²) in [5.74, 6) is 0.253. The number of morpholine rings is 1. The second-order valence-electron chi connectivity index (χ2n) is 7.72. The molecule has 1 N–H and O–H groups in total. The highest BCUT2D eigenvalue weighted by Gasteiger charge is 2.30. The lowest BCUT2D eigenvalue weighted by Gasteiger charge is -2.36. The number of hydrogen-bond acceptors (Lipinski definition) is 5. The number of hydrogen-bond donors (Lipinski definition) is 1. The number of benzene rings is 1. The van der Waals surface area contributed by atoms with Crippen molar-refractivity contribution in [3.05, 3.63) is 34.9 Å². The second kappa shape index (κ2) is 10.6. The predicted octanol–water partition coefficient (Wildman–Crippen LogP) is 2.35. The minimum Gasteiger partial charge on any atom is -0.389 e. The van der Waals surface area contributed by atoms with E-state index in [1.807, 2.05) is 36.1 Å². The molecule has 3 unspecified atom stereocenters. The van der Waals surface area contributed by atoms with Gasteiger partial charge in [0.1, 0.15) is 0 Å². The molecule has 6 nitrogen and oxygen atoms in total. The molecule has 0 spiro atoms. The van der Waals surface area contributed by atoms with Gasteiger partial charge in [-0.15, -0.1) is 0 Å². The van der Waals surface area contributed by atoms with E-state index in [1.165, 1.54) is 0 Å². The largest absolute Gasteiger partial charge is 0.389 e. The van der Waals surface area contributed by atoms with Crippen LogP contribution in [0, 0.1) is 5.92 Å². The van der Waals surface area contributed by atoms with Crippen LogP contribution >= 0.6 is 11.6 Å². The minimum absolute atomic E-state index is 0.0213. The van der Waals surface area contributed by atoms with Crippen molar-refractivity contribution in [2.24, 2.45) is 5.92 Å². The Hall–Kier alpha value is -1.18. The monoisotopic (exact) mass is 410 g/mol. The smallest absolute Gasteiger partial charge is 0.227 e. The lowest BCUT2D eigenvalue weighted by Crippen LogP contribution is -2.49. The summed E-state index contributed by atoms with van der Waals surface area (Å²) in [5.41, 5.74) is 1.03. The van der Waals surface area contributed by atoms with Crippen molar-refractivity contribution in [2.75, 3.05) is 52.5 Å². The number of carbonyl (C=O) groups excluding carboxylic acids is 1. The molecule has 28 heavy (non-hydrogen) atoms. The Bertz CT molecular complexity index is 621. The maximum atomic E-state index is 12.7. The molecule has 0 saturated carbocycles. The number of nitrogens with zero attached hydrogens (tertiary/aromatic N) is 2. The van der Waals surface area contributed by atoms with Crippen molar-refractivity contribution < 1.29 is 19.4 Å². The van der Waals surface area contributed by atoms with Gasteiger partial charge in [0.2, 0.25) is 5.91 Å². The molecule has 3 atom stereocenters. The van der Waals surface area contributed by atoms with Gasteiger partial charge in [0, 0.05) is 31.2 Å². The summed E-state index contributed by atoms with van der Waals surface area (Å²) in [5, 5.41) is 11.1. The normalized spacial score (nSPS) is 23.4. The molecule has 0 aliphatic carbocycles. The number of aliphatic hydroxyl groups is 1. The van der Waals surface area contributed by atoms with E-state index >= 15 is 0 Å². The first kappa shape index (κ1) is 21.5. The summed E-state index contributed by atoms with van der Waals surface area (Å²) < 4.78 is 11.2. The van der Waals surface area contributed by atoms with Crippen LogP contribution in [0.25, 0.3) is 0 Å². The third kappa shape index (κ3) is 6.16. The maximum absolute atomic E-state index is 12.7. The fourth-order valence-electron chi connectivity index (χ4n) is 3.90. The third-order valence-corrected chi connectivity index (χ3v) is 5.78. The van der Waals surface area contributed by atoms with Gasteiger partial charge in [0.05, 0.1) is 37.9 Å². The first-order chi connectivity index (χ1) is 13.5. The highest BCUT2D eigenvalue weighted by atomic mass is 35.5. The van der Waals surface area contributed by atoms with Gasteiger partial charge in [-0.25, -0.2) is 0 Å². The van der Waals surface area contributed by atoms with E-state index in [1.54, 1.807) is 0 Å². The van der Waals surface area contributed by atoms with E-state index in [2.05, 4.69) is 4.90 Å². The van der Waals surface area contributed by atoms with Gasteiger partial charge in [-0.1, -0.05) is 23.7 Å². The van der Waals surface area contributed by atoms with Crippen LogP contribution in [0.4, 0.5) is 0 Å². The zero-order valence-corrected chi connectivity index (χ0v) is 17.3. The van der Waals surface area contributed by atoms with Gasteiger partial charge in [-0.05, 0) is 44.0 Å². The zero-order valence-electron chi connectivity index (χ0n) is 16.6. The van der Waals surface area contributed by atoms with Crippen LogP contribution in [0.15, 0.2) is 24.3 Å². The van der Waals surface area contributed by atoms with Crippen LogP contribution in [0.1, 0.15) is 31.4 Å². The van der Waals surface area contributed by atoms with Crippen molar-refractivity contribution >= 4 is 17.5 Å². The van der Waals surface area contributed by atoms with Crippen LogP contribution in [0.5, 0.6) is 0 Å². The van der Waals surface area contributed by atoms with Crippen LogP contribution in [0.3, 0.4) is 0 Å². The highest BCUT2D eigenvalue weighted by molar-refractivity contribution is 6.30. The summed E-state index contributed by atoms with van der Waals surface area (Å²) in [6, 6.07) is 7.55. The lowest BCUT2D eigenvalue weighted by atomic mass is 9.96. The molecule has 0 radical (unpaired) electrons. The van der Waals surface area contributed by atoms with Crippen molar-refractivity contribution in [2.45, 2.75) is 32.0 Å². The Morgan fingerprint density at radius 1 is 1.29 bits per heavy atom. The van der Waals surface area contributed by atoms with E-state index in [9.17, 15) is 9.90 Å². The summed E-state index contributed by atoms with van der Waals surface area (Å²) in [4.78, 5) is 16.8. The van der Waals surface area contributed by atoms with E-state index < -0.39 is 6.10 Å². The number of piperidine rings is 1. The maximum Gasteiger partial charge on any atom is 0.227 e. The summed E-state index contributed by atoms with van der Waals surface area (Å²) in [6.45, 7) is 7.02. The number of amides is 1. The van der Waals surface area contributed by atoms with Crippen LogP contribution < -0.4 is 0 Å². The average Bonchev–Trinajstić information content (AvgIpc) is 2.73. The number of aliphatic hydroxyl groups excluding tert-OH is 1.